The van der Waals surface area contributed by atoms with Gasteiger partial charge in [0.2, 0.25) is 0 Å². The second-order valence-corrected chi connectivity index (χ2v) is 8.89. The maximum absolute atomic E-state index is 15.1. The fourth-order valence-electron chi connectivity index (χ4n) is 3.72. The highest BCUT2D eigenvalue weighted by atomic mass is 35.5. The van der Waals surface area contributed by atoms with Crippen LogP contribution in [0, 0.1) is 12.7 Å². The van der Waals surface area contributed by atoms with Gasteiger partial charge >= 0.3 is 6.09 Å². The smallest absolute Gasteiger partial charge is 0.407 e. The van der Waals surface area contributed by atoms with Gasteiger partial charge in [-0.1, -0.05) is 11.6 Å². The van der Waals surface area contributed by atoms with Crippen molar-refractivity contribution < 1.29 is 23.1 Å². The van der Waals surface area contributed by atoms with E-state index in [-0.39, 0.29) is 41.2 Å². The number of nitrogens with zero attached hydrogens (tertiary/aromatic N) is 1. The highest BCUT2D eigenvalue weighted by Gasteiger charge is 2.33. The molecule has 1 aliphatic heterocycles. The number of fused-ring (bicyclic) bond motifs is 1. The predicted molar refractivity (Wildman–Crippen MR) is 111 cm³/mol. The molecule has 3 rings (SSSR count). The third-order valence-corrected chi connectivity index (χ3v) is 5.29. The molecule has 30 heavy (non-hydrogen) atoms. The number of amides is 2. The van der Waals surface area contributed by atoms with Gasteiger partial charge in [-0.2, -0.15) is 0 Å². The standard InChI is InChI=1S/C20H25ClF2N4O3/c1-9-15(21)14-16(25-9)12(18(24)28)6-13(23)17(14)27-7-10(22)5-11(8-27)26-19(29)30-20(2,3)4/h6,10-11,25H,5,7-8H2,1-4H3,(H2,24,28)(H,26,29)/t10-,11+/m1/s1. The van der Waals surface area contributed by atoms with Crippen LogP contribution in [-0.4, -0.2) is 47.9 Å². The molecule has 0 bridgehead atoms. The van der Waals surface area contributed by atoms with E-state index in [1.807, 2.05) is 0 Å². The van der Waals surface area contributed by atoms with E-state index in [1.54, 1.807) is 27.7 Å². The van der Waals surface area contributed by atoms with Crippen molar-refractivity contribution in [2.45, 2.75) is 51.9 Å². The number of H-pyrrole nitrogens is 1. The second kappa shape index (κ2) is 7.94. The summed E-state index contributed by atoms with van der Waals surface area (Å²) in [6.07, 6.45) is -1.92. The Hall–Kier alpha value is -2.55. The number of aromatic nitrogens is 1. The minimum absolute atomic E-state index is 0.0431. The fraction of sp³-hybridized carbons (Fsp3) is 0.500. The number of anilines is 1. The number of alkyl carbamates (subject to hydrolysis) is 1. The first kappa shape index (κ1) is 22.1. The summed E-state index contributed by atoms with van der Waals surface area (Å²) >= 11 is 6.38. The topological polar surface area (TPSA) is 100 Å². The van der Waals surface area contributed by atoms with Crippen LogP contribution in [-0.2, 0) is 4.74 Å². The Labute approximate surface area is 177 Å². The van der Waals surface area contributed by atoms with Crippen molar-refractivity contribution in [1.29, 1.82) is 0 Å². The van der Waals surface area contributed by atoms with Crippen LogP contribution in [0.1, 0.15) is 43.2 Å². The Morgan fingerprint density at radius 1 is 1.37 bits per heavy atom. The number of rotatable bonds is 3. The molecular formula is C20H25ClF2N4O3. The van der Waals surface area contributed by atoms with Crippen LogP contribution >= 0.6 is 11.6 Å². The van der Waals surface area contributed by atoms with Crippen molar-refractivity contribution in [3.05, 3.63) is 28.2 Å². The molecule has 0 spiro atoms. The summed E-state index contributed by atoms with van der Waals surface area (Å²) in [5.74, 6) is -1.56. The molecule has 2 atom stereocenters. The summed E-state index contributed by atoms with van der Waals surface area (Å²) in [7, 11) is 0. The summed E-state index contributed by atoms with van der Waals surface area (Å²) in [5.41, 5.74) is 5.51. The van der Waals surface area contributed by atoms with Crippen LogP contribution in [0.4, 0.5) is 19.3 Å². The van der Waals surface area contributed by atoms with Crippen molar-refractivity contribution in [3.8, 4) is 0 Å². The van der Waals surface area contributed by atoms with E-state index in [0.29, 0.717) is 11.2 Å². The largest absolute Gasteiger partial charge is 0.444 e. The molecule has 2 heterocycles. The third-order valence-electron chi connectivity index (χ3n) is 4.82. The van der Waals surface area contributed by atoms with Gasteiger partial charge in [0.05, 0.1) is 27.8 Å². The Balaban J connectivity index is 1.98. The van der Waals surface area contributed by atoms with Crippen LogP contribution < -0.4 is 16.0 Å². The molecule has 0 unspecified atom stereocenters. The maximum atomic E-state index is 15.1. The number of primary amides is 1. The van der Waals surface area contributed by atoms with E-state index in [0.717, 1.165) is 6.07 Å². The minimum atomic E-state index is -1.32. The van der Waals surface area contributed by atoms with Gasteiger partial charge in [0.25, 0.3) is 5.91 Å². The van der Waals surface area contributed by atoms with Crippen molar-refractivity contribution in [2.24, 2.45) is 5.73 Å². The van der Waals surface area contributed by atoms with Gasteiger partial charge in [-0.05, 0) is 33.8 Å². The number of benzene rings is 1. The van der Waals surface area contributed by atoms with Gasteiger partial charge < -0.3 is 25.7 Å². The molecule has 0 aliphatic carbocycles. The van der Waals surface area contributed by atoms with E-state index in [4.69, 9.17) is 22.1 Å². The van der Waals surface area contributed by atoms with Gasteiger partial charge in [0.1, 0.15) is 17.6 Å². The van der Waals surface area contributed by atoms with Gasteiger partial charge in [0, 0.05) is 30.6 Å². The molecule has 10 heteroatoms. The van der Waals surface area contributed by atoms with Crippen LogP contribution in [0.3, 0.4) is 0 Å². The number of nitrogens with two attached hydrogens (primary N) is 1. The lowest BCUT2D eigenvalue weighted by atomic mass is 10.0. The quantitative estimate of drug-likeness (QED) is 0.672. The molecule has 2 aromatic rings. The third kappa shape index (κ3) is 4.45. The van der Waals surface area contributed by atoms with E-state index in [1.165, 1.54) is 4.90 Å². The predicted octanol–water partition coefficient (Wildman–Crippen LogP) is 3.81. The first-order valence-corrected chi connectivity index (χ1v) is 9.93. The zero-order chi connectivity index (χ0) is 22.4. The maximum Gasteiger partial charge on any atom is 0.407 e. The minimum Gasteiger partial charge on any atom is -0.444 e. The molecule has 1 aliphatic rings. The van der Waals surface area contributed by atoms with E-state index < -0.39 is 35.6 Å². The molecule has 1 fully saturated rings. The van der Waals surface area contributed by atoms with Crippen molar-refractivity contribution >= 4 is 40.2 Å². The number of alkyl halides is 1. The van der Waals surface area contributed by atoms with E-state index in [2.05, 4.69) is 10.3 Å². The first-order chi connectivity index (χ1) is 13.9. The number of carbonyl (C=O) groups excluding carboxylic acids is 2. The summed E-state index contributed by atoms with van der Waals surface area (Å²) in [5, 5.41) is 3.12. The molecule has 0 saturated carbocycles. The summed E-state index contributed by atoms with van der Waals surface area (Å²) in [6, 6.07) is 0.414. The average molecular weight is 443 g/mol. The van der Waals surface area contributed by atoms with Crippen LogP contribution in [0.15, 0.2) is 6.07 Å². The number of aryl methyl sites for hydroxylation is 1. The summed E-state index contributed by atoms with van der Waals surface area (Å²) in [4.78, 5) is 28.3. The molecule has 1 aromatic heterocycles. The van der Waals surface area contributed by atoms with Crippen LogP contribution in [0.2, 0.25) is 5.02 Å². The second-order valence-electron chi connectivity index (χ2n) is 8.51. The highest BCUT2D eigenvalue weighted by molar-refractivity contribution is 6.38. The number of aromatic amines is 1. The number of piperidine rings is 1. The summed E-state index contributed by atoms with van der Waals surface area (Å²) in [6.45, 7) is 6.90. The Morgan fingerprint density at radius 3 is 2.63 bits per heavy atom. The Morgan fingerprint density at radius 2 is 2.03 bits per heavy atom. The first-order valence-electron chi connectivity index (χ1n) is 9.56. The number of nitrogens with one attached hydrogen (secondary N) is 2. The van der Waals surface area contributed by atoms with Crippen LogP contribution in [0.25, 0.3) is 10.9 Å². The molecule has 1 saturated heterocycles. The van der Waals surface area contributed by atoms with Crippen molar-refractivity contribution in [3.63, 3.8) is 0 Å². The van der Waals surface area contributed by atoms with Crippen molar-refractivity contribution in [2.75, 3.05) is 18.0 Å². The SMILES string of the molecule is Cc1[nH]c2c(C(N)=O)cc(F)c(N3C[C@H](F)C[C@H](NC(=O)OC(C)(C)C)C3)c2c1Cl. The number of ether oxygens (including phenoxy) is 1. The molecule has 0 radical (unpaired) electrons. The Bertz CT molecular complexity index is 1000. The van der Waals surface area contributed by atoms with E-state index >= 15 is 4.39 Å². The van der Waals surface area contributed by atoms with E-state index in [9.17, 15) is 14.0 Å². The molecule has 164 valence electrons. The van der Waals surface area contributed by atoms with Crippen LogP contribution in [0.5, 0.6) is 0 Å². The lowest BCUT2D eigenvalue weighted by Gasteiger charge is -2.37. The van der Waals surface area contributed by atoms with Gasteiger partial charge in [-0.25, -0.2) is 13.6 Å². The molecule has 2 amide bonds. The zero-order valence-electron chi connectivity index (χ0n) is 17.2. The fourth-order valence-corrected chi connectivity index (χ4v) is 3.95. The molecule has 4 N–H and O–H groups in total. The molecular weight excluding hydrogens is 418 g/mol. The summed E-state index contributed by atoms with van der Waals surface area (Å²) < 4.78 is 34.9. The number of hydrogen-bond acceptors (Lipinski definition) is 4. The number of halogens is 3. The highest BCUT2D eigenvalue weighted by Crippen LogP contribution is 2.40. The monoisotopic (exact) mass is 442 g/mol. The lowest BCUT2D eigenvalue weighted by molar-refractivity contribution is 0.0490. The zero-order valence-corrected chi connectivity index (χ0v) is 18.0. The number of hydrogen-bond donors (Lipinski definition) is 3. The average Bonchev–Trinajstić information content (AvgIpc) is 2.87. The lowest BCUT2D eigenvalue weighted by Crippen LogP contribution is -2.52. The Kier molecular flexibility index (Phi) is 5.86. The number of carbonyl (C=O) groups is 2. The van der Waals surface area contributed by atoms with Crippen molar-refractivity contribution in [1.82, 2.24) is 10.3 Å². The van der Waals surface area contributed by atoms with Gasteiger partial charge in [0.15, 0.2) is 0 Å². The molecule has 7 nitrogen and oxygen atoms in total. The van der Waals surface area contributed by atoms with Gasteiger partial charge in [-0.15, -0.1) is 0 Å². The molecule has 1 aromatic carbocycles. The normalized spacial score (nSPS) is 19.8. The van der Waals surface area contributed by atoms with Gasteiger partial charge in [-0.3, -0.25) is 4.79 Å².